The number of carbonyl (C=O) groups excluding carboxylic acids is 1. The van der Waals surface area contributed by atoms with Crippen LogP contribution in [0.2, 0.25) is 0 Å². The zero-order valence-electron chi connectivity index (χ0n) is 16.1. The summed E-state index contributed by atoms with van der Waals surface area (Å²) < 4.78 is 45.5. The van der Waals surface area contributed by atoms with Crippen LogP contribution in [-0.2, 0) is 25.6 Å². The Balaban J connectivity index is 1.98. The quantitative estimate of drug-likeness (QED) is 0.832. The number of alkyl halides is 3. The van der Waals surface area contributed by atoms with Crippen LogP contribution >= 0.6 is 0 Å². The van der Waals surface area contributed by atoms with Gasteiger partial charge in [0.25, 0.3) is 5.91 Å². The van der Waals surface area contributed by atoms with Gasteiger partial charge >= 0.3 is 6.18 Å². The molecule has 1 aliphatic rings. The maximum absolute atomic E-state index is 13.4. The highest BCUT2D eigenvalue weighted by Crippen LogP contribution is 2.36. The molecule has 0 aliphatic carbocycles. The summed E-state index contributed by atoms with van der Waals surface area (Å²) in [5.41, 5.74) is 1.92. The number of rotatable bonds is 4. The molecule has 150 valence electrons. The van der Waals surface area contributed by atoms with Crippen molar-refractivity contribution in [1.82, 2.24) is 4.90 Å². The number of amides is 1. The second kappa shape index (κ2) is 7.83. The molecule has 28 heavy (non-hydrogen) atoms. The van der Waals surface area contributed by atoms with Crippen molar-refractivity contribution < 1.29 is 22.7 Å². The molecule has 0 fully saturated rings. The van der Waals surface area contributed by atoms with E-state index in [0.29, 0.717) is 5.69 Å². The topological polar surface area (TPSA) is 41.6 Å². The zero-order valence-corrected chi connectivity index (χ0v) is 16.1. The van der Waals surface area contributed by atoms with E-state index >= 15 is 0 Å². The minimum Gasteiger partial charge on any atom is -0.496 e. The van der Waals surface area contributed by atoms with Gasteiger partial charge in [0.2, 0.25) is 0 Å². The van der Waals surface area contributed by atoms with Gasteiger partial charge < -0.3 is 15.0 Å². The van der Waals surface area contributed by atoms with Crippen LogP contribution in [0, 0.1) is 0 Å². The molecule has 0 unspecified atom stereocenters. The van der Waals surface area contributed by atoms with Gasteiger partial charge in [0.05, 0.1) is 18.2 Å². The molecule has 1 N–H and O–H groups in total. The summed E-state index contributed by atoms with van der Waals surface area (Å²) in [6, 6.07) is 7.80. The number of aryl methyl sites for hydroxylation is 1. The number of hydrogen-bond acceptors (Lipinski definition) is 3. The zero-order chi connectivity index (χ0) is 20.5. The number of ether oxygens (including phenoxy) is 1. The summed E-state index contributed by atoms with van der Waals surface area (Å²) in [4.78, 5) is 15.0. The fourth-order valence-corrected chi connectivity index (χ4v) is 3.58. The molecule has 0 aromatic heterocycles. The van der Waals surface area contributed by atoms with E-state index in [4.69, 9.17) is 4.74 Å². The summed E-state index contributed by atoms with van der Waals surface area (Å²) in [5.74, 6) is -0.482. The molecule has 1 heterocycles. The smallest absolute Gasteiger partial charge is 0.416 e. The number of fused-ring (bicyclic) bond motifs is 1. The van der Waals surface area contributed by atoms with Crippen LogP contribution in [0.15, 0.2) is 30.3 Å². The lowest BCUT2D eigenvalue weighted by molar-refractivity contribution is -0.138. The summed E-state index contributed by atoms with van der Waals surface area (Å²) in [7, 11) is 3.37. The van der Waals surface area contributed by atoms with Crippen LogP contribution in [0.3, 0.4) is 0 Å². The van der Waals surface area contributed by atoms with Gasteiger partial charge in [0, 0.05) is 18.8 Å². The third kappa shape index (κ3) is 3.99. The average Bonchev–Trinajstić information content (AvgIpc) is 2.65. The van der Waals surface area contributed by atoms with E-state index in [1.54, 1.807) is 13.0 Å². The van der Waals surface area contributed by atoms with Crippen LogP contribution in [0.25, 0.3) is 0 Å². The number of hydrogen-bond donors (Lipinski definition) is 1. The van der Waals surface area contributed by atoms with Gasteiger partial charge in [-0.05, 0) is 54.8 Å². The second-order valence-corrected chi connectivity index (χ2v) is 6.95. The average molecular weight is 392 g/mol. The Morgan fingerprint density at radius 2 is 2.04 bits per heavy atom. The summed E-state index contributed by atoms with van der Waals surface area (Å²) in [5, 5.41) is 2.79. The van der Waals surface area contributed by atoms with E-state index in [2.05, 4.69) is 10.2 Å². The van der Waals surface area contributed by atoms with E-state index in [9.17, 15) is 18.0 Å². The largest absolute Gasteiger partial charge is 0.496 e. The molecule has 0 spiro atoms. The third-order valence-corrected chi connectivity index (χ3v) is 5.06. The Hall–Kier alpha value is -2.54. The Morgan fingerprint density at radius 3 is 2.68 bits per heavy atom. The van der Waals surface area contributed by atoms with Crippen LogP contribution in [0.5, 0.6) is 5.75 Å². The maximum Gasteiger partial charge on any atom is 0.416 e. The molecule has 0 bridgehead atoms. The number of likely N-dealkylation sites (N-methyl/N-ethyl adjacent to an activating group) is 1. The highest BCUT2D eigenvalue weighted by molar-refractivity contribution is 6.07. The lowest BCUT2D eigenvalue weighted by atomic mass is 9.97. The molecule has 2 aromatic carbocycles. The first kappa shape index (κ1) is 20.2. The fraction of sp³-hybridized carbons (Fsp3) is 0.381. The molecule has 4 nitrogen and oxygen atoms in total. The van der Waals surface area contributed by atoms with Gasteiger partial charge in [-0.15, -0.1) is 0 Å². The van der Waals surface area contributed by atoms with Crippen LogP contribution in [0.1, 0.15) is 39.5 Å². The van der Waals surface area contributed by atoms with Crippen molar-refractivity contribution in [3.8, 4) is 5.75 Å². The number of anilines is 1. The van der Waals surface area contributed by atoms with Gasteiger partial charge in [0.1, 0.15) is 5.75 Å². The minimum absolute atomic E-state index is 0.0982. The van der Waals surface area contributed by atoms with Crippen LogP contribution in [-0.4, -0.2) is 31.5 Å². The van der Waals surface area contributed by atoms with E-state index in [1.807, 2.05) is 19.2 Å². The van der Waals surface area contributed by atoms with E-state index in [-0.39, 0.29) is 23.3 Å². The molecule has 1 amide bonds. The van der Waals surface area contributed by atoms with E-state index in [1.165, 1.54) is 13.2 Å². The lowest BCUT2D eigenvalue weighted by Crippen LogP contribution is -2.27. The Kier molecular flexibility index (Phi) is 5.65. The summed E-state index contributed by atoms with van der Waals surface area (Å²) >= 11 is 0. The van der Waals surface area contributed by atoms with Crippen molar-refractivity contribution in [3.05, 3.63) is 58.1 Å². The standard InChI is InChI=1S/C21H23F3N2O2/c1-4-13-10-19(28-3)16(11-17(13)21(22,23)24)20(27)25-18-7-5-6-14-12-26(2)9-8-15(14)18/h5-7,10-11H,4,8-9,12H2,1-3H3,(H,25,27). The molecular formula is C21H23F3N2O2. The van der Waals surface area contributed by atoms with E-state index in [0.717, 1.165) is 36.7 Å². The fourth-order valence-electron chi connectivity index (χ4n) is 3.58. The first-order valence-electron chi connectivity index (χ1n) is 9.13. The Bertz CT molecular complexity index is 894. The predicted octanol–water partition coefficient (Wildman–Crippen LogP) is 4.52. The normalized spacial score (nSPS) is 14.5. The molecule has 0 saturated carbocycles. The van der Waals surface area contributed by atoms with Crippen molar-refractivity contribution in [2.75, 3.05) is 26.0 Å². The maximum atomic E-state index is 13.4. The first-order chi connectivity index (χ1) is 13.2. The van der Waals surface area contributed by atoms with Crippen LogP contribution in [0.4, 0.5) is 18.9 Å². The van der Waals surface area contributed by atoms with Gasteiger partial charge in [-0.25, -0.2) is 0 Å². The van der Waals surface area contributed by atoms with Gasteiger partial charge in [-0.1, -0.05) is 19.1 Å². The van der Waals surface area contributed by atoms with Gasteiger partial charge in [0.15, 0.2) is 0 Å². The number of halogens is 3. The molecule has 2 aromatic rings. The summed E-state index contributed by atoms with van der Waals surface area (Å²) in [6.07, 6.45) is -3.59. The molecule has 0 radical (unpaired) electrons. The second-order valence-electron chi connectivity index (χ2n) is 6.95. The SMILES string of the molecule is CCc1cc(OC)c(C(=O)Nc2cccc3c2CCN(C)C3)cc1C(F)(F)F. The third-order valence-electron chi connectivity index (χ3n) is 5.06. The molecule has 0 saturated heterocycles. The monoisotopic (exact) mass is 392 g/mol. The number of benzene rings is 2. The van der Waals surface area contributed by atoms with Crippen molar-refractivity contribution in [1.29, 1.82) is 0 Å². The number of methoxy groups -OCH3 is 1. The van der Waals surface area contributed by atoms with Crippen molar-refractivity contribution in [2.24, 2.45) is 0 Å². The molecular weight excluding hydrogens is 369 g/mol. The van der Waals surface area contributed by atoms with Crippen LogP contribution < -0.4 is 10.1 Å². The highest BCUT2D eigenvalue weighted by atomic mass is 19.4. The molecule has 7 heteroatoms. The summed E-state index contributed by atoms with van der Waals surface area (Å²) in [6.45, 7) is 3.26. The Morgan fingerprint density at radius 1 is 1.29 bits per heavy atom. The number of carbonyl (C=O) groups is 1. The number of nitrogens with zero attached hydrogens (tertiary/aromatic N) is 1. The predicted molar refractivity (Wildman–Crippen MR) is 102 cm³/mol. The molecule has 3 rings (SSSR count). The van der Waals surface area contributed by atoms with Crippen molar-refractivity contribution in [2.45, 2.75) is 32.5 Å². The molecule has 0 atom stereocenters. The lowest BCUT2D eigenvalue weighted by Gasteiger charge is -2.27. The van der Waals surface area contributed by atoms with Crippen molar-refractivity contribution >= 4 is 11.6 Å². The van der Waals surface area contributed by atoms with E-state index < -0.39 is 17.6 Å². The molecule has 1 aliphatic heterocycles. The van der Waals surface area contributed by atoms with Gasteiger partial charge in [-0.2, -0.15) is 13.2 Å². The Labute approximate surface area is 162 Å². The first-order valence-corrected chi connectivity index (χ1v) is 9.13. The minimum atomic E-state index is -4.54. The van der Waals surface area contributed by atoms with Gasteiger partial charge in [-0.3, -0.25) is 4.79 Å². The number of nitrogens with one attached hydrogen (secondary N) is 1. The van der Waals surface area contributed by atoms with Crippen molar-refractivity contribution in [3.63, 3.8) is 0 Å². The highest BCUT2D eigenvalue weighted by Gasteiger charge is 2.35.